The SMILES string of the molecule is C=CCCC(=O)N(C)[C@H](C)[C@H](OC(=O)[C@@H]1[C@H]2O[C@@]3(CC2Br)[C@H](C(=O)N(CC=C)C2CCCCC2)N([C@@H](CO)C(C)C)C(=O)[C@@H]13)c1ccccc1. The van der Waals surface area contributed by atoms with Crippen molar-refractivity contribution < 1.29 is 33.8 Å². The van der Waals surface area contributed by atoms with Crippen molar-refractivity contribution in [1.29, 1.82) is 0 Å². The van der Waals surface area contributed by atoms with Crippen LogP contribution in [-0.4, -0.2) is 104 Å². The number of aliphatic hydroxyl groups is 1. The van der Waals surface area contributed by atoms with E-state index in [-0.39, 0.29) is 47.5 Å². The molecule has 3 heterocycles. The highest BCUT2D eigenvalue weighted by molar-refractivity contribution is 9.09. The van der Waals surface area contributed by atoms with Crippen LogP contribution in [0.5, 0.6) is 0 Å². The molecular formula is C39H54BrN3O7. The molecule has 9 atom stereocenters. The third kappa shape index (κ3) is 6.94. The number of alkyl halides is 1. The van der Waals surface area contributed by atoms with Crippen molar-refractivity contribution >= 4 is 39.6 Å². The molecule has 50 heavy (non-hydrogen) atoms. The zero-order chi connectivity index (χ0) is 36.3. The fourth-order valence-electron chi connectivity index (χ4n) is 8.82. The van der Waals surface area contributed by atoms with Gasteiger partial charge in [-0.1, -0.05) is 91.5 Å². The number of rotatable bonds is 15. The van der Waals surface area contributed by atoms with E-state index in [9.17, 15) is 24.3 Å². The lowest BCUT2D eigenvalue weighted by molar-refractivity contribution is -0.165. The third-order valence-electron chi connectivity index (χ3n) is 11.5. The van der Waals surface area contributed by atoms with Gasteiger partial charge >= 0.3 is 5.97 Å². The first kappa shape index (κ1) is 38.2. The molecular weight excluding hydrogens is 702 g/mol. The van der Waals surface area contributed by atoms with Gasteiger partial charge in [-0.15, -0.1) is 13.2 Å². The topological polar surface area (TPSA) is 117 Å². The van der Waals surface area contributed by atoms with Crippen LogP contribution in [0, 0.1) is 17.8 Å². The molecule has 1 aromatic rings. The van der Waals surface area contributed by atoms with Crippen LogP contribution in [0.15, 0.2) is 55.6 Å². The Bertz CT molecular complexity index is 1420. The second-order valence-corrected chi connectivity index (χ2v) is 16.0. The largest absolute Gasteiger partial charge is 0.455 e. The van der Waals surface area contributed by atoms with Crippen LogP contribution in [0.1, 0.15) is 83.8 Å². The van der Waals surface area contributed by atoms with Gasteiger partial charge in [0, 0.05) is 30.9 Å². The van der Waals surface area contributed by atoms with Crippen molar-refractivity contribution in [2.24, 2.45) is 17.8 Å². The lowest BCUT2D eigenvalue weighted by Crippen LogP contribution is -2.61. The third-order valence-corrected chi connectivity index (χ3v) is 12.4. The summed E-state index contributed by atoms with van der Waals surface area (Å²) in [6.07, 6.45) is 7.93. The molecule has 274 valence electrons. The van der Waals surface area contributed by atoms with E-state index in [0.717, 1.165) is 32.1 Å². The van der Waals surface area contributed by atoms with Gasteiger partial charge in [0.15, 0.2) is 0 Å². The smallest absolute Gasteiger partial charge is 0.313 e. The van der Waals surface area contributed by atoms with Crippen LogP contribution in [-0.2, 0) is 28.7 Å². The molecule has 1 unspecified atom stereocenters. The minimum atomic E-state index is -1.29. The summed E-state index contributed by atoms with van der Waals surface area (Å²) in [5.74, 6) is -3.47. The first-order valence-corrected chi connectivity index (χ1v) is 19.1. The average Bonchev–Trinajstić information content (AvgIpc) is 3.71. The van der Waals surface area contributed by atoms with Crippen molar-refractivity contribution in [3.8, 4) is 0 Å². The van der Waals surface area contributed by atoms with E-state index in [1.807, 2.05) is 56.0 Å². The zero-order valence-corrected chi connectivity index (χ0v) is 31.5. The van der Waals surface area contributed by atoms with Gasteiger partial charge in [0.1, 0.15) is 17.7 Å². The predicted molar refractivity (Wildman–Crippen MR) is 194 cm³/mol. The van der Waals surface area contributed by atoms with Crippen molar-refractivity contribution in [1.82, 2.24) is 14.7 Å². The van der Waals surface area contributed by atoms with Gasteiger partial charge in [0.25, 0.3) is 0 Å². The summed E-state index contributed by atoms with van der Waals surface area (Å²) in [6, 6.07) is 7.07. The molecule has 3 saturated heterocycles. The van der Waals surface area contributed by atoms with Gasteiger partial charge in [-0.25, -0.2) is 0 Å². The number of ether oxygens (including phenoxy) is 2. The molecule has 10 nitrogen and oxygen atoms in total. The molecule has 1 N–H and O–H groups in total. The number of likely N-dealkylation sites (N-methyl/N-ethyl adjacent to an activating group) is 1. The normalized spacial score (nSPS) is 29.3. The van der Waals surface area contributed by atoms with Crippen molar-refractivity contribution in [2.45, 2.75) is 119 Å². The summed E-state index contributed by atoms with van der Waals surface area (Å²) in [4.78, 5) is 62.1. The van der Waals surface area contributed by atoms with Crippen LogP contribution in [0.4, 0.5) is 0 Å². The Morgan fingerprint density at radius 1 is 1.12 bits per heavy atom. The number of carbonyl (C=O) groups excluding carboxylic acids is 4. The lowest BCUT2D eigenvalue weighted by Gasteiger charge is -2.43. The van der Waals surface area contributed by atoms with Crippen molar-refractivity contribution in [3.63, 3.8) is 0 Å². The molecule has 1 aromatic carbocycles. The number of benzene rings is 1. The number of hydrogen-bond donors (Lipinski definition) is 1. The fraction of sp³-hybridized carbons (Fsp3) is 0.641. The minimum absolute atomic E-state index is 0.00621. The number of halogens is 1. The Morgan fingerprint density at radius 3 is 2.40 bits per heavy atom. The molecule has 1 saturated carbocycles. The summed E-state index contributed by atoms with van der Waals surface area (Å²) in [5, 5.41) is 10.7. The first-order chi connectivity index (χ1) is 23.9. The number of carbonyl (C=O) groups is 4. The van der Waals surface area contributed by atoms with Gasteiger partial charge in [0.05, 0.1) is 36.6 Å². The summed E-state index contributed by atoms with van der Waals surface area (Å²) >= 11 is 3.77. The standard InChI is InChI=1S/C39H54BrN3O7/c1-7-9-20-30(45)41(6)25(5)33(26-16-12-10-13-17-26)49-38(48)31-32-36(46)43(29(23-44)24(3)4)35(39(32)22-28(40)34(31)50-39)37(47)42(21-8-2)27-18-14-11-15-19-27/h7-8,10,12-13,16-17,24-25,27-29,31-35,44H,1-2,9,11,14-15,18-23H2,3-6H3/t25-,28?,29+,31+,32-,33+,34+,35+,39-/m1/s1. The number of likely N-dealkylation sites (tertiary alicyclic amines) is 1. The summed E-state index contributed by atoms with van der Waals surface area (Å²) in [7, 11) is 1.70. The van der Waals surface area contributed by atoms with Crippen LogP contribution in [0.25, 0.3) is 0 Å². The molecule has 1 spiro atoms. The van der Waals surface area contributed by atoms with Gasteiger partial charge < -0.3 is 29.3 Å². The maximum atomic E-state index is 15.0. The number of fused-ring (bicyclic) bond motifs is 1. The van der Waals surface area contributed by atoms with E-state index in [4.69, 9.17) is 9.47 Å². The monoisotopic (exact) mass is 755 g/mol. The summed E-state index contributed by atoms with van der Waals surface area (Å²) in [6.45, 7) is 13.3. The average molecular weight is 757 g/mol. The highest BCUT2D eigenvalue weighted by Crippen LogP contribution is 2.61. The van der Waals surface area contributed by atoms with E-state index < -0.39 is 53.7 Å². The number of allylic oxidation sites excluding steroid dienone is 1. The second kappa shape index (κ2) is 16.1. The van der Waals surface area contributed by atoms with Gasteiger partial charge in [-0.05, 0) is 44.1 Å². The van der Waals surface area contributed by atoms with Crippen LogP contribution < -0.4 is 0 Å². The molecule has 3 amide bonds. The number of amides is 3. The zero-order valence-electron chi connectivity index (χ0n) is 29.9. The van der Waals surface area contributed by atoms with E-state index >= 15 is 0 Å². The highest BCUT2D eigenvalue weighted by atomic mass is 79.9. The maximum Gasteiger partial charge on any atom is 0.313 e. The van der Waals surface area contributed by atoms with Crippen LogP contribution in [0.2, 0.25) is 0 Å². The van der Waals surface area contributed by atoms with E-state index in [1.165, 1.54) is 0 Å². The van der Waals surface area contributed by atoms with E-state index in [0.29, 0.717) is 24.9 Å². The maximum absolute atomic E-state index is 15.0. The first-order valence-electron chi connectivity index (χ1n) is 18.2. The quantitative estimate of drug-likeness (QED) is 0.149. The van der Waals surface area contributed by atoms with Crippen molar-refractivity contribution in [3.05, 3.63) is 61.2 Å². The van der Waals surface area contributed by atoms with Crippen LogP contribution in [0.3, 0.4) is 0 Å². The molecule has 4 fully saturated rings. The second-order valence-electron chi connectivity index (χ2n) is 14.8. The molecule has 11 heteroatoms. The number of esters is 1. The van der Waals surface area contributed by atoms with Gasteiger partial charge in [-0.2, -0.15) is 0 Å². The molecule has 4 aliphatic rings. The molecule has 2 bridgehead atoms. The Hall–Kier alpha value is -3.02. The Morgan fingerprint density at radius 2 is 1.80 bits per heavy atom. The van der Waals surface area contributed by atoms with Gasteiger partial charge in [-0.3, -0.25) is 19.2 Å². The Balaban J connectivity index is 1.53. The van der Waals surface area contributed by atoms with E-state index in [1.54, 1.807) is 29.0 Å². The Labute approximate surface area is 305 Å². The molecule has 5 rings (SSSR count). The predicted octanol–water partition coefficient (Wildman–Crippen LogP) is 5.20. The minimum Gasteiger partial charge on any atom is -0.455 e. The fourth-order valence-corrected chi connectivity index (χ4v) is 9.77. The number of aliphatic hydroxyl groups excluding tert-OH is 1. The number of hydrogen-bond acceptors (Lipinski definition) is 7. The Kier molecular flexibility index (Phi) is 12.3. The highest BCUT2D eigenvalue weighted by Gasteiger charge is 2.78. The number of nitrogens with zero attached hydrogens (tertiary/aromatic N) is 3. The van der Waals surface area contributed by atoms with Crippen molar-refractivity contribution in [2.75, 3.05) is 20.2 Å². The van der Waals surface area contributed by atoms with Gasteiger partial charge in [0.2, 0.25) is 17.7 Å². The van der Waals surface area contributed by atoms with Crippen LogP contribution >= 0.6 is 15.9 Å². The molecule has 3 aliphatic heterocycles. The van der Waals surface area contributed by atoms with E-state index in [2.05, 4.69) is 29.1 Å². The summed E-state index contributed by atoms with van der Waals surface area (Å²) < 4.78 is 13.2. The molecule has 1 aliphatic carbocycles. The molecule has 0 radical (unpaired) electrons. The molecule has 0 aromatic heterocycles. The summed E-state index contributed by atoms with van der Waals surface area (Å²) in [5.41, 5.74) is -0.579. The lowest BCUT2D eigenvalue weighted by atomic mass is 9.70.